The molecule has 1 N–H and O–H groups in total. The van der Waals surface area contributed by atoms with Gasteiger partial charge in [0.15, 0.2) is 0 Å². The molecule has 1 saturated heterocycles. The normalized spacial score (nSPS) is 16.3. The SMILES string of the molecule is CCC(c1ccncc1)N(C)C(=O)C1CNC1.Cl. The summed E-state index contributed by atoms with van der Waals surface area (Å²) in [5, 5.41) is 3.14. The van der Waals surface area contributed by atoms with Crippen LogP contribution in [-0.4, -0.2) is 35.9 Å². The molecule has 1 unspecified atom stereocenters. The van der Waals surface area contributed by atoms with Crippen molar-refractivity contribution in [2.24, 2.45) is 5.92 Å². The van der Waals surface area contributed by atoms with Gasteiger partial charge in [-0.3, -0.25) is 9.78 Å². The molecule has 0 saturated carbocycles. The second-order valence-corrected chi connectivity index (χ2v) is 4.51. The van der Waals surface area contributed by atoms with Crippen molar-refractivity contribution in [2.45, 2.75) is 19.4 Å². The Balaban J connectivity index is 0.00000162. The second kappa shape index (κ2) is 6.71. The predicted octanol–water partition coefficient (Wildman–Crippen LogP) is 1.63. The molecule has 0 aromatic carbocycles. The third-order valence-corrected chi connectivity index (χ3v) is 3.42. The van der Waals surface area contributed by atoms with E-state index in [1.807, 2.05) is 24.1 Å². The number of hydrogen-bond donors (Lipinski definition) is 1. The van der Waals surface area contributed by atoms with Crippen LogP contribution in [0.3, 0.4) is 0 Å². The Morgan fingerprint density at radius 3 is 2.56 bits per heavy atom. The number of carbonyl (C=O) groups is 1. The summed E-state index contributed by atoms with van der Waals surface area (Å²) in [6.45, 7) is 3.74. The standard InChI is InChI=1S/C13H19N3O.ClH/c1-3-12(10-4-6-14-7-5-10)16(2)13(17)11-8-15-9-11;/h4-7,11-12,15H,3,8-9H2,1-2H3;1H. The van der Waals surface area contributed by atoms with Gasteiger partial charge in [-0.2, -0.15) is 0 Å². The number of rotatable bonds is 4. The first-order chi connectivity index (χ1) is 8.24. The maximum atomic E-state index is 12.2. The van der Waals surface area contributed by atoms with E-state index < -0.39 is 0 Å². The average molecular weight is 270 g/mol. The van der Waals surface area contributed by atoms with E-state index in [9.17, 15) is 4.79 Å². The summed E-state index contributed by atoms with van der Waals surface area (Å²) < 4.78 is 0. The topological polar surface area (TPSA) is 45.2 Å². The summed E-state index contributed by atoms with van der Waals surface area (Å²) in [6, 6.07) is 4.12. The van der Waals surface area contributed by atoms with Gasteiger partial charge in [0, 0.05) is 32.5 Å². The van der Waals surface area contributed by atoms with Crippen molar-refractivity contribution in [1.29, 1.82) is 0 Å². The van der Waals surface area contributed by atoms with Crippen molar-refractivity contribution in [3.05, 3.63) is 30.1 Å². The molecule has 1 aliphatic heterocycles. The largest absolute Gasteiger partial charge is 0.338 e. The number of amides is 1. The maximum absolute atomic E-state index is 12.2. The Labute approximate surface area is 114 Å². The summed E-state index contributed by atoms with van der Waals surface area (Å²) in [5.74, 6) is 0.406. The molecule has 4 nitrogen and oxygen atoms in total. The van der Waals surface area contributed by atoms with E-state index in [-0.39, 0.29) is 30.3 Å². The molecule has 100 valence electrons. The van der Waals surface area contributed by atoms with Crippen molar-refractivity contribution < 1.29 is 4.79 Å². The Hall–Kier alpha value is -1.13. The average Bonchev–Trinajstić information content (AvgIpc) is 2.29. The van der Waals surface area contributed by atoms with Crippen molar-refractivity contribution in [3.63, 3.8) is 0 Å². The Bertz CT molecular complexity index is 381. The van der Waals surface area contributed by atoms with Crippen LogP contribution in [-0.2, 0) is 4.79 Å². The van der Waals surface area contributed by atoms with Crippen LogP contribution < -0.4 is 5.32 Å². The third-order valence-electron chi connectivity index (χ3n) is 3.42. The highest BCUT2D eigenvalue weighted by Gasteiger charge is 2.30. The molecule has 18 heavy (non-hydrogen) atoms. The van der Waals surface area contributed by atoms with Gasteiger partial charge in [-0.05, 0) is 24.1 Å². The molecule has 1 aromatic rings. The number of nitrogens with zero attached hydrogens (tertiary/aromatic N) is 2. The zero-order valence-electron chi connectivity index (χ0n) is 10.8. The number of nitrogens with one attached hydrogen (secondary N) is 1. The van der Waals surface area contributed by atoms with Gasteiger partial charge in [-0.1, -0.05) is 6.92 Å². The number of halogens is 1. The van der Waals surface area contributed by atoms with Gasteiger partial charge in [0.2, 0.25) is 5.91 Å². The first-order valence-electron chi connectivity index (χ1n) is 6.11. The first-order valence-corrected chi connectivity index (χ1v) is 6.11. The molecule has 0 aliphatic carbocycles. The number of pyridine rings is 1. The van der Waals surface area contributed by atoms with Gasteiger partial charge in [-0.15, -0.1) is 12.4 Å². The lowest BCUT2D eigenvalue weighted by Gasteiger charge is -2.34. The quantitative estimate of drug-likeness (QED) is 0.904. The number of hydrogen-bond acceptors (Lipinski definition) is 3. The first kappa shape index (κ1) is 14.9. The van der Waals surface area contributed by atoms with E-state index in [2.05, 4.69) is 17.2 Å². The summed E-state index contributed by atoms with van der Waals surface area (Å²) in [7, 11) is 1.90. The second-order valence-electron chi connectivity index (χ2n) is 4.51. The Morgan fingerprint density at radius 1 is 1.50 bits per heavy atom. The summed E-state index contributed by atoms with van der Waals surface area (Å²) in [5.41, 5.74) is 1.16. The molecule has 2 heterocycles. The highest BCUT2D eigenvalue weighted by Crippen LogP contribution is 2.24. The van der Waals surface area contributed by atoms with Crippen molar-refractivity contribution >= 4 is 18.3 Å². The molecule has 1 aliphatic rings. The lowest BCUT2D eigenvalue weighted by Crippen LogP contribution is -2.51. The van der Waals surface area contributed by atoms with Crippen LogP contribution in [0, 0.1) is 5.92 Å². The molecule has 1 amide bonds. The highest BCUT2D eigenvalue weighted by atomic mass is 35.5. The van der Waals surface area contributed by atoms with Crippen LogP contribution in [0.1, 0.15) is 24.9 Å². The Morgan fingerprint density at radius 2 is 2.11 bits per heavy atom. The van der Waals surface area contributed by atoms with Gasteiger partial charge in [-0.25, -0.2) is 0 Å². The van der Waals surface area contributed by atoms with Crippen LogP contribution in [0.5, 0.6) is 0 Å². The van der Waals surface area contributed by atoms with Crippen LogP contribution in [0.25, 0.3) is 0 Å². The zero-order chi connectivity index (χ0) is 12.3. The van der Waals surface area contributed by atoms with Gasteiger partial charge >= 0.3 is 0 Å². The minimum absolute atomic E-state index is 0. The zero-order valence-corrected chi connectivity index (χ0v) is 11.6. The molecule has 5 heteroatoms. The summed E-state index contributed by atoms with van der Waals surface area (Å²) >= 11 is 0. The van der Waals surface area contributed by atoms with Gasteiger partial charge < -0.3 is 10.2 Å². The summed E-state index contributed by atoms with van der Waals surface area (Å²) in [4.78, 5) is 18.1. The maximum Gasteiger partial charge on any atom is 0.228 e. The molecular weight excluding hydrogens is 250 g/mol. The van der Waals surface area contributed by atoms with E-state index in [0.29, 0.717) is 0 Å². The molecule has 0 bridgehead atoms. The molecule has 1 atom stereocenters. The van der Waals surface area contributed by atoms with Crippen LogP contribution >= 0.6 is 12.4 Å². The third kappa shape index (κ3) is 3.00. The molecule has 0 radical (unpaired) electrons. The van der Waals surface area contributed by atoms with E-state index in [1.54, 1.807) is 12.4 Å². The fraction of sp³-hybridized carbons (Fsp3) is 0.538. The van der Waals surface area contributed by atoms with Crippen molar-refractivity contribution in [2.75, 3.05) is 20.1 Å². The Kier molecular flexibility index (Phi) is 5.56. The van der Waals surface area contributed by atoms with E-state index >= 15 is 0 Å². The highest BCUT2D eigenvalue weighted by molar-refractivity contribution is 5.85. The fourth-order valence-corrected chi connectivity index (χ4v) is 2.22. The fourth-order valence-electron chi connectivity index (χ4n) is 2.22. The smallest absolute Gasteiger partial charge is 0.228 e. The monoisotopic (exact) mass is 269 g/mol. The lowest BCUT2D eigenvalue weighted by atomic mass is 9.98. The van der Waals surface area contributed by atoms with Gasteiger partial charge in [0.05, 0.1) is 12.0 Å². The molecule has 0 spiro atoms. The van der Waals surface area contributed by atoms with Gasteiger partial charge in [0.1, 0.15) is 0 Å². The van der Waals surface area contributed by atoms with Crippen LogP contribution in [0.4, 0.5) is 0 Å². The molecule has 1 aromatic heterocycles. The molecular formula is C13H20ClN3O. The van der Waals surface area contributed by atoms with Crippen molar-refractivity contribution in [3.8, 4) is 0 Å². The number of carbonyl (C=O) groups excluding carboxylic acids is 1. The van der Waals surface area contributed by atoms with Crippen LogP contribution in [0.15, 0.2) is 24.5 Å². The minimum Gasteiger partial charge on any atom is -0.338 e. The molecule has 1 fully saturated rings. The van der Waals surface area contributed by atoms with E-state index in [0.717, 1.165) is 25.1 Å². The molecule has 2 rings (SSSR count). The van der Waals surface area contributed by atoms with Crippen LogP contribution in [0.2, 0.25) is 0 Å². The van der Waals surface area contributed by atoms with Gasteiger partial charge in [0.25, 0.3) is 0 Å². The van der Waals surface area contributed by atoms with Crippen molar-refractivity contribution in [1.82, 2.24) is 15.2 Å². The minimum atomic E-state index is 0. The van der Waals surface area contributed by atoms with E-state index in [4.69, 9.17) is 0 Å². The number of aromatic nitrogens is 1. The van der Waals surface area contributed by atoms with E-state index in [1.165, 1.54) is 0 Å². The summed E-state index contributed by atoms with van der Waals surface area (Å²) in [6.07, 6.45) is 4.48. The predicted molar refractivity (Wildman–Crippen MR) is 73.6 cm³/mol. The lowest BCUT2D eigenvalue weighted by molar-refractivity contribution is -0.138.